The number of anilines is 1. The molecule has 1 aliphatic heterocycles. The zero-order chi connectivity index (χ0) is 23.9. The van der Waals surface area contributed by atoms with Gasteiger partial charge in [0.1, 0.15) is 25.4 Å². The van der Waals surface area contributed by atoms with Crippen molar-refractivity contribution in [3.05, 3.63) is 71.1 Å². The second kappa shape index (κ2) is 8.40. The summed E-state index contributed by atoms with van der Waals surface area (Å²) in [7, 11) is 7.74. The lowest BCUT2D eigenvalue weighted by atomic mass is 9.89. The molecule has 8 nitrogen and oxygen atoms in total. The van der Waals surface area contributed by atoms with Crippen molar-refractivity contribution in [1.82, 2.24) is 10.0 Å². The maximum absolute atomic E-state index is 12.2. The zero-order valence-corrected chi connectivity index (χ0v) is 18.8. The minimum Gasteiger partial charge on any atom is -0.478 e. The Labute approximate surface area is 190 Å². The van der Waals surface area contributed by atoms with Crippen LogP contribution in [0.4, 0.5) is 5.69 Å². The molecule has 0 fully saturated rings. The number of hydrogen-bond acceptors (Lipinski definition) is 5. The van der Waals surface area contributed by atoms with Gasteiger partial charge in [0.25, 0.3) is 5.91 Å². The van der Waals surface area contributed by atoms with E-state index in [0.29, 0.717) is 22.5 Å². The molecule has 8 heteroatoms. The van der Waals surface area contributed by atoms with Crippen molar-refractivity contribution in [3.63, 3.8) is 0 Å². The summed E-state index contributed by atoms with van der Waals surface area (Å²) in [5, 5.41) is 11.6. The van der Waals surface area contributed by atoms with Crippen LogP contribution in [0.1, 0.15) is 20.7 Å². The molecule has 1 heterocycles. The first-order chi connectivity index (χ1) is 15.7. The lowest BCUT2D eigenvalue weighted by Gasteiger charge is -2.19. The maximum atomic E-state index is 12.2. The second-order valence-corrected chi connectivity index (χ2v) is 8.17. The van der Waals surface area contributed by atoms with Gasteiger partial charge in [0, 0.05) is 54.0 Å². The molecule has 4 N–H and O–H groups in total. The lowest BCUT2D eigenvalue weighted by molar-refractivity contribution is 0.0697. The van der Waals surface area contributed by atoms with E-state index in [1.165, 1.54) is 12.1 Å². The van der Waals surface area contributed by atoms with E-state index in [9.17, 15) is 14.7 Å². The lowest BCUT2D eigenvalue weighted by Crippen LogP contribution is -2.30. The number of hydrazine groups is 1. The van der Waals surface area contributed by atoms with Crippen LogP contribution in [0.25, 0.3) is 33.4 Å². The number of benzene rings is 3. The van der Waals surface area contributed by atoms with Crippen molar-refractivity contribution in [2.75, 3.05) is 33.1 Å². The largest absolute Gasteiger partial charge is 0.478 e. The van der Waals surface area contributed by atoms with Crippen molar-refractivity contribution in [1.29, 1.82) is 0 Å². The third-order valence-electron chi connectivity index (χ3n) is 5.63. The normalized spacial score (nSPS) is 10.9. The average molecular weight is 445 g/mol. The summed E-state index contributed by atoms with van der Waals surface area (Å²) in [6, 6.07) is 16.0. The van der Waals surface area contributed by atoms with Crippen LogP contribution in [0.2, 0.25) is 0 Å². The number of carbonyl (C=O) groups excluding carboxylic acids is 1. The van der Waals surface area contributed by atoms with E-state index in [0.717, 1.165) is 22.0 Å². The molecule has 0 bridgehead atoms. The summed E-state index contributed by atoms with van der Waals surface area (Å²) in [5.74, 6) is 4.32. The molecule has 2 aromatic rings. The van der Waals surface area contributed by atoms with E-state index in [1.807, 2.05) is 74.1 Å². The fourth-order valence-electron chi connectivity index (χ4n) is 3.88. The number of carboxylic acid groups (broad SMARTS) is 1. The third-order valence-corrected chi connectivity index (χ3v) is 5.63. The third kappa shape index (κ3) is 3.92. The van der Waals surface area contributed by atoms with Crippen LogP contribution < -0.4 is 26.1 Å². The summed E-state index contributed by atoms with van der Waals surface area (Å²) in [6.45, 7) is 0. The number of fused-ring (bicyclic) bond motifs is 2. The number of amides is 1. The molecule has 1 amide bonds. The number of nitrogens with one attached hydrogen (secondary N) is 1. The number of nitrogens with zero attached hydrogens (tertiary/aromatic N) is 2. The highest BCUT2D eigenvalue weighted by Crippen LogP contribution is 2.42. The van der Waals surface area contributed by atoms with E-state index in [4.69, 9.17) is 10.3 Å². The van der Waals surface area contributed by atoms with E-state index in [2.05, 4.69) is 5.43 Å². The van der Waals surface area contributed by atoms with Gasteiger partial charge >= 0.3 is 5.97 Å². The molecule has 168 valence electrons. The summed E-state index contributed by atoms with van der Waals surface area (Å²) >= 11 is 0. The predicted molar refractivity (Wildman–Crippen MR) is 128 cm³/mol. The molecular formula is C25H25N4O4+. The molecule has 0 atom stereocenters. The topological polar surface area (TPSA) is 112 Å². The first-order valence-corrected chi connectivity index (χ1v) is 10.3. The maximum Gasteiger partial charge on any atom is 0.336 e. The van der Waals surface area contributed by atoms with Crippen LogP contribution in [-0.4, -0.2) is 45.2 Å². The number of hydrogen-bond donors (Lipinski definition) is 3. The average Bonchev–Trinajstić information content (AvgIpc) is 2.80. The fourth-order valence-corrected chi connectivity index (χ4v) is 3.88. The van der Waals surface area contributed by atoms with Gasteiger partial charge in [0.05, 0.1) is 11.6 Å². The minimum atomic E-state index is -1.10. The number of nitrogen functional groups attached to an aromatic ring is 1. The summed E-state index contributed by atoms with van der Waals surface area (Å²) in [6.07, 6.45) is 0. The molecule has 2 aliphatic rings. The molecule has 33 heavy (non-hydrogen) atoms. The second-order valence-electron chi connectivity index (χ2n) is 8.17. The van der Waals surface area contributed by atoms with Crippen LogP contribution in [0, 0.1) is 0 Å². The van der Waals surface area contributed by atoms with E-state index >= 15 is 0 Å². The molecule has 0 radical (unpaired) electrons. The number of rotatable bonds is 4. The highest BCUT2D eigenvalue weighted by Gasteiger charge is 2.23. The van der Waals surface area contributed by atoms with E-state index in [1.54, 1.807) is 6.07 Å². The molecule has 0 saturated heterocycles. The molecule has 0 spiro atoms. The molecular weight excluding hydrogens is 420 g/mol. The minimum absolute atomic E-state index is 0.0748. The van der Waals surface area contributed by atoms with Gasteiger partial charge in [-0.25, -0.2) is 15.2 Å². The van der Waals surface area contributed by atoms with Gasteiger partial charge in [-0.3, -0.25) is 10.2 Å². The van der Waals surface area contributed by atoms with Crippen LogP contribution in [0.3, 0.4) is 0 Å². The van der Waals surface area contributed by atoms with Crippen LogP contribution in [-0.2, 0) is 0 Å². The number of nitrogens with two attached hydrogens (primary N) is 1. The van der Waals surface area contributed by atoms with Crippen molar-refractivity contribution >= 4 is 28.5 Å². The Balaban J connectivity index is 2.19. The van der Waals surface area contributed by atoms with Crippen LogP contribution in [0.5, 0.6) is 0 Å². The summed E-state index contributed by atoms with van der Waals surface area (Å²) in [5.41, 5.74) is 5.80. The SMILES string of the molecule is CN(C)c1ccc2c(-c3cc(C(=O)NN)ccc3C(=O)O)c3ccc(=[N+](C)C)cc-3oc2c1. The van der Waals surface area contributed by atoms with Gasteiger partial charge < -0.3 is 14.4 Å². The standard InChI is InChI=1S/C25H24N4O4/c1-28(2)15-6-9-18-21(12-15)33-22-13-16(29(3)4)7-10-19(22)23(18)20-11-14(24(30)27-26)5-8-17(20)25(31)32/h5-13H,26H2,1-4H3,(H-,27,30,31,32)/p+1. The van der Waals surface area contributed by atoms with Gasteiger partial charge in [0.15, 0.2) is 0 Å². The van der Waals surface area contributed by atoms with Crippen molar-refractivity contribution in [3.8, 4) is 22.5 Å². The van der Waals surface area contributed by atoms with E-state index in [-0.39, 0.29) is 11.1 Å². The summed E-state index contributed by atoms with van der Waals surface area (Å²) < 4.78 is 8.25. The highest BCUT2D eigenvalue weighted by atomic mass is 16.4. The molecule has 4 rings (SSSR count). The van der Waals surface area contributed by atoms with Gasteiger partial charge in [0.2, 0.25) is 5.36 Å². The van der Waals surface area contributed by atoms with Crippen molar-refractivity contribution < 1.29 is 19.1 Å². The van der Waals surface area contributed by atoms with Crippen LogP contribution >= 0.6 is 0 Å². The van der Waals surface area contributed by atoms with Crippen LogP contribution in [0.15, 0.2) is 59.0 Å². The Morgan fingerprint density at radius 2 is 1.76 bits per heavy atom. The Morgan fingerprint density at radius 1 is 1.00 bits per heavy atom. The molecule has 2 aromatic carbocycles. The van der Waals surface area contributed by atoms with Crippen molar-refractivity contribution in [2.45, 2.75) is 0 Å². The number of carbonyl (C=O) groups is 2. The van der Waals surface area contributed by atoms with Gasteiger partial charge in [-0.15, -0.1) is 0 Å². The monoisotopic (exact) mass is 445 g/mol. The molecule has 0 unspecified atom stereocenters. The first-order valence-electron chi connectivity index (χ1n) is 10.3. The predicted octanol–water partition coefficient (Wildman–Crippen LogP) is 2.60. The smallest absolute Gasteiger partial charge is 0.336 e. The Kier molecular flexibility index (Phi) is 5.61. The Hall–Kier alpha value is -4.17. The van der Waals surface area contributed by atoms with Gasteiger partial charge in [-0.2, -0.15) is 0 Å². The molecule has 0 saturated carbocycles. The molecule has 1 aliphatic carbocycles. The van der Waals surface area contributed by atoms with Gasteiger partial charge in [-0.05, 0) is 42.0 Å². The van der Waals surface area contributed by atoms with Gasteiger partial charge in [-0.1, -0.05) is 0 Å². The highest BCUT2D eigenvalue weighted by molar-refractivity contribution is 6.09. The van der Waals surface area contributed by atoms with Crippen molar-refractivity contribution in [2.24, 2.45) is 5.84 Å². The molecule has 0 aromatic heterocycles. The van der Waals surface area contributed by atoms with E-state index < -0.39 is 11.9 Å². The number of carboxylic acids is 1. The summed E-state index contributed by atoms with van der Waals surface area (Å²) in [4.78, 5) is 26.3. The quantitative estimate of drug-likeness (QED) is 0.146. The Morgan fingerprint density at radius 3 is 2.39 bits per heavy atom. The first kappa shape index (κ1) is 22.0. The Bertz CT molecular complexity index is 1450. The zero-order valence-electron chi connectivity index (χ0n) is 18.8. The number of aromatic carboxylic acids is 1. The fraction of sp³-hybridized carbons (Fsp3) is 0.160.